The summed E-state index contributed by atoms with van der Waals surface area (Å²) in [6.07, 6.45) is 1.57. The Balaban J connectivity index is 1.76. The van der Waals surface area contributed by atoms with Crippen molar-refractivity contribution < 1.29 is 4.79 Å². The van der Waals surface area contributed by atoms with Crippen molar-refractivity contribution in [3.05, 3.63) is 82.6 Å². The fourth-order valence-electron chi connectivity index (χ4n) is 2.14. The average Bonchev–Trinajstić information content (AvgIpc) is 2.55. The third kappa shape index (κ3) is 4.25. The number of aromatic nitrogens is 1. The summed E-state index contributed by atoms with van der Waals surface area (Å²) in [6.45, 7) is 0. The second kappa shape index (κ2) is 7.34. The first-order valence-electron chi connectivity index (χ1n) is 7.16. The highest BCUT2D eigenvalue weighted by atomic mass is 35.5. The predicted octanol–water partition coefficient (Wildman–Crippen LogP) is 5.38. The number of hydrogen-bond donors (Lipinski definition) is 2. The minimum Gasteiger partial charge on any atom is -0.355 e. The third-order valence-electron chi connectivity index (χ3n) is 3.18. The van der Waals surface area contributed by atoms with Crippen LogP contribution in [0.4, 0.5) is 17.1 Å². The number of pyridine rings is 1. The van der Waals surface area contributed by atoms with Crippen molar-refractivity contribution in [3.63, 3.8) is 0 Å². The molecule has 6 heteroatoms. The van der Waals surface area contributed by atoms with Crippen molar-refractivity contribution >= 4 is 46.2 Å². The van der Waals surface area contributed by atoms with Crippen LogP contribution in [-0.2, 0) is 0 Å². The van der Waals surface area contributed by atoms with Gasteiger partial charge < -0.3 is 10.6 Å². The minimum absolute atomic E-state index is 0.284. The molecule has 0 aliphatic heterocycles. The first kappa shape index (κ1) is 16.3. The van der Waals surface area contributed by atoms with Gasteiger partial charge in [0.1, 0.15) is 5.69 Å². The third-order valence-corrected chi connectivity index (χ3v) is 3.61. The van der Waals surface area contributed by atoms with Crippen LogP contribution < -0.4 is 10.6 Å². The van der Waals surface area contributed by atoms with Crippen LogP contribution in [0.1, 0.15) is 10.5 Å². The number of anilines is 3. The zero-order valence-electron chi connectivity index (χ0n) is 12.5. The molecule has 0 unspecified atom stereocenters. The first-order chi connectivity index (χ1) is 11.6. The standard InChI is InChI=1S/C18H13Cl2N3O/c19-12-8-13(20)10-16(9-12)23-18(24)17-11-15(6-7-21-17)22-14-4-2-1-3-5-14/h1-11H,(H,21,22)(H,23,24). The van der Waals surface area contributed by atoms with Crippen molar-refractivity contribution in [2.75, 3.05) is 10.6 Å². The van der Waals surface area contributed by atoms with Crippen LogP contribution in [-0.4, -0.2) is 10.9 Å². The number of hydrogen-bond acceptors (Lipinski definition) is 3. The topological polar surface area (TPSA) is 54.0 Å². The number of amides is 1. The van der Waals surface area contributed by atoms with E-state index in [9.17, 15) is 4.79 Å². The quantitative estimate of drug-likeness (QED) is 0.658. The van der Waals surface area contributed by atoms with E-state index in [0.717, 1.165) is 11.4 Å². The molecule has 0 saturated heterocycles. The summed E-state index contributed by atoms with van der Waals surface area (Å²) in [5, 5.41) is 6.85. The minimum atomic E-state index is -0.343. The molecule has 1 aromatic heterocycles. The van der Waals surface area contributed by atoms with Crippen LogP contribution in [0.25, 0.3) is 0 Å². The Hall–Kier alpha value is -2.56. The smallest absolute Gasteiger partial charge is 0.274 e. The lowest BCUT2D eigenvalue weighted by atomic mass is 10.2. The number of rotatable bonds is 4. The Morgan fingerprint density at radius 1 is 0.833 bits per heavy atom. The number of para-hydroxylation sites is 1. The summed E-state index contributed by atoms with van der Waals surface area (Å²) < 4.78 is 0. The molecule has 0 fully saturated rings. The van der Waals surface area contributed by atoms with Gasteiger partial charge >= 0.3 is 0 Å². The van der Waals surface area contributed by atoms with Crippen LogP contribution in [0.5, 0.6) is 0 Å². The van der Waals surface area contributed by atoms with Crippen LogP contribution in [0, 0.1) is 0 Å². The fraction of sp³-hybridized carbons (Fsp3) is 0. The van der Waals surface area contributed by atoms with Gasteiger partial charge in [-0.1, -0.05) is 41.4 Å². The van der Waals surface area contributed by atoms with Crippen molar-refractivity contribution in [2.24, 2.45) is 0 Å². The average molecular weight is 358 g/mol. The summed E-state index contributed by atoms with van der Waals surface area (Å²) in [6, 6.07) is 18.0. The van der Waals surface area contributed by atoms with E-state index in [2.05, 4.69) is 15.6 Å². The maximum absolute atomic E-state index is 12.4. The van der Waals surface area contributed by atoms with E-state index < -0.39 is 0 Å². The lowest BCUT2D eigenvalue weighted by molar-refractivity contribution is 0.102. The van der Waals surface area contributed by atoms with Gasteiger partial charge in [-0.2, -0.15) is 0 Å². The molecule has 2 aromatic carbocycles. The molecule has 0 saturated carbocycles. The molecule has 0 aliphatic rings. The van der Waals surface area contributed by atoms with Gasteiger partial charge in [0, 0.05) is 33.3 Å². The van der Waals surface area contributed by atoms with Crippen LogP contribution in [0.2, 0.25) is 10.0 Å². The molecular weight excluding hydrogens is 345 g/mol. The van der Waals surface area contributed by atoms with Gasteiger partial charge in [0.15, 0.2) is 0 Å². The molecule has 0 spiro atoms. The van der Waals surface area contributed by atoms with E-state index in [1.807, 2.05) is 30.3 Å². The van der Waals surface area contributed by atoms with Crippen LogP contribution in [0.3, 0.4) is 0 Å². The Bertz CT molecular complexity index is 849. The maximum Gasteiger partial charge on any atom is 0.274 e. The van der Waals surface area contributed by atoms with Crippen molar-refractivity contribution in [1.82, 2.24) is 4.98 Å². The molecule has 24 heavy (non-hydrogen) atoms. The van der Waals surface area contributed by atoms with Crippen LogP contribution in [0.15, 0.2) is 66.9 Å². The van der Waals surface area contributed by atoms with Crippen molar-refractivity contribution in [2.45, 2.75) is 0 Å². The van der Waals surface area contributed by atoms with Gasteiger partial charge in [0.25, 0.3) is 5.91 Å². The molecule has 0 aliphatic carbocycles. The lowest BCUT2D eigenvalue weighted by Crippen LogP contribution is -2.13. The van der Waals surface area contributed by atoms with E-state index in [1.165, 1.54) is 0 Å². The van der Waals surface area contributed by atoms with E-state index in [4.69, 9.17) is 23.2 Å². The zero-order valence-corrected chi connectivity index (χ0v) is 14.0. The van der Waals surface area contributed by atoms with Crippen molar-refractivity contribution in [3.8, 4) is 0 Å². The number of nitrogens with zero attached hydrogens (tertiary/aromatic N) is 1. The second-order valence-electron chi connectivity index (χ2n) is 5.03. The van der Waals surface area contributed by atoms with Crippen LogP contribution >= 0.6 is 23.2 Å². The number of carbonyl (C=O) groups is 1. The fourth-order valence-corrected chi connectivity index (χ4v) is 2.67. The molecule has 120 valence electrons. The molecule has 3 aromatic rings. The molecular formula is C18H13Cl2N3O. The monoisotopic (exact) mass is 357 g/mol. The SMILES string of the molecule is O=C(Nc1cc(Cl)cc(Cl)c1)c1cc(Nc2ccccc2)ccn1. The molecule has 2 N–H and O–H groups in total. The highest BCUT2D eigenvalue weighted by molar-refractivity contribution is 6.35. The molecule has 0 radical (unpaired) electrons. The van der Waals surface area contributed by atoms with E-state index in [1.54, 1.807) is 36.5 Å². The Labute approximate surface area is 149 Å². The molecule has 0 atom stereocenters. The van der Waals surface area contributed by atoms with E-state index in [-0.39, 0.29) is 11.6 Å². The normalized spacial score (nSPS) is 10.2. The highest BCUT2D eigenvalue weighted by Gasteiger charge is 2.09. The molecule has 1 heterocycles. The van der Waals surface area contributed by atoms with Gasteiger partial charge in [-0.15, -0.1) is 0 Å². The molecule has 1 amide bonds. The van der Waals surface area contributed by atoms with E-state index in [0.29, 0.717) is 15.7 Å². The largest absolute Gasteiger partial charge is 0.355 e. The first-order valence-corrected chi connectivity index (χ1v) is 7.91. The second-order valence-corrected chi connectivity index (χ2v) is 5.91. The van der Waals surface area contributed by atoms with Crippen molar-refractivity contribution in [1.29, 1.82) is 0 Å². The maximum atomic E-state index is 12.4. The summed E-state index contributed by atoms with van der Waals surface area (Å²) in [5.74, 6) is -0.343. The predicted molar refractivity (Wildman–Crippen MR) is 98.4 cm³/mol. The summed E-state index contributed by atoms with van der Waals surface area (Å²) >= 11 is 11.9. The highest BCUT2D eigenvalue weighted by Crippen LogP contribution is 2.23. The van der Waals surface area contributed by atoms with Gasteiger partial charge in [-0.3, -0.25) is 9.78 Å². The number of benzene rings is 2. The number of nitrogens with one attached hydrogen (secondary N) is 2. The Morgan fingerprint density at radius 3 is 2.25 bits per heavy atom. The summed E-state index contributed by atoms with van der Waals surface area (Å²) in [7, 11) is 0. The van der Waals surface area contributed by atoms with Gasteiger partial charge in [-0.05, 0) is 42.5 Å². The molecule has 0 bridgehead atoms. The Kier molecular flexibility index (Phi) is 4.99. The lowest BCUT2D eigenvalue weighted by Gasteiger charge is -2.09. The van der Waals surface area contributed by atoms with Gasteiger partial charge in [-0.25, -0.2) is 0 Å². The van der Waals surface area contributed by atoms with Gasteiger partial charge in [0.2, 0.25) is 0 Å². The van der Waals surface area contributed by atoms with Gasteiger partial charge in [0.05, 0.1) is 0 Å². The number of halogens is 2. The Morgan fingerprint density at radius 2 is 1.54 bits per heavy atom. The van der Waals surface area contributed by atoms with E-state index >= 15 is 0 Å². The molecule has 3 rings (SSSR count). The summed E-state index contributed by atoms with van der Waals surface area (Å²) in [5.41, 5.74) is 2.50. The molecule has 4 nitrogen and oxygen atoms in total. The summed E-state index contributed by atoms with van der Waals surface area (Å²) in [4.78, 5) is 16.5. The zero-order chi connectivity index (χ0) is 16.9. The number of carbonyl (C=O) groups excluding carboxylic acids is 1.